The maximum Gasteiger partial charge on any atom is 0.232 e. The number of hydrogen-bond acceptors (Lipinski definition) is 5. The monoisotopic (exact) mass is 496 g/mol. The van der Waals surface area contributed by atoms with E-state index in [1.165, 1.54) is 11.4 Å². The molecular weight excluding hydrogens is 464 g/mol. The third kappa shape index (κ3) is 8.12. The predicted molar refractivity (Wildman–Crippen MR) is 133 cm³/mol. The Hall–Kier alpha value is -2.45. The normalized spacial score (nSPS) is 12.3. The second-order valence-corrected chi connectivity index (χ2v) is 10.6. The molecule has 2 aromatic carbocycles. The summed E-state index contributed by atoms with van der Waals surface area (Å²) < 4.78 is 36.3. The van der Waals surface area contributed by atoms with E-state index in [1.54, 1.807) is 25.3 Å². The highest BCUT2D eigenvalue weighted by atomic mass is 35.5. The Morgan fingerprint density at radius 1 is 1.09 bits per heavy atom. The molecule has 0 heterocycles. The number of methoxy groups -OCH3 is 2. The summed E-state index contributed by atoms with van der Waals surface area (Å²) in [5, 5.41) is 3.41. The molecule has 0 bridgehead atoms. The lowest BCUT2D eigenvalue weighted by Crippen LogP contribution is -2.33. The first-order valence-corrected chi connectivity index (χ1v) is 13.0. The zero-order valence-electron chi connectivity index (χ0n) is 19.8. The lowest BCUT2D eigenvalue weighted by atomic mass is 9.96. The zero-order chi connectivity index (χ0) is 24.6. The highest BCUT2D eigenvalue weighted by Gasteiger charge is 2.20. The highest BCUT2D eigenvalue weighted by Crippen LogP contribution is 2.30. The van der Waals surface area contributed by atoms with E-state index < -0.39 is 10.0 Å². The molecule has 33 heavy (non-hydrogen) atoms. The Morgan fingerprint density at radius 3 is 2.27 bits per heavy atom. The average Bonchev–Trinajstić information content (AvgIpc) is 2.75. The molecule has 0 radical (unpaired) electrons. The van der Waals surface area contributed by atoms with Crippen LogP contribution >= 0.6 is 11.6 Å². The van der Waals surface area contributed by atoms with Gasteiger partial charge in [-0.05, 0) is 54.7 Å². The molecule has 182 valence electrons. The van der Waals surface area contributed by atoms with Gasteiger partial charge in [-0.3, -0.25) is 9.10 Å². The third-order valence-corrected chi connectivity index (χ3v) is 6.64. The minimum absolute atomic E-state index is 0.127. The topological polar surface area (TPSA) is 84.9 Å². The highest BCUT2D eigenvalue weighted by molar-refractivity contribution is 7.92. The van der Waals surface area contributed by atoms with E-state index in [-0.39, 0.29) is 24.9 Å². The number of nitrogens with zero attached hydrogens (tertiary/aromatic N) is 1. The predicted octanol–water partition coefficient (Wildman–Crippen LogP) is 4.81. The van der Waals surface area contributed by atoms with Crippen molar-refractivity contribution in [1.29, 1.82) is 0 Å². The van der Waals surface area contributed by atoms with Gasteiger partial charge < -0.3 is 14.8 Å². The van der Waals surface area contributed by atoms with Crippen molar-refractivity contribution >= 4 is 33.2 Å². The summed E-state index contributed by atoms with van der Waals surface area (Å²) in [6.07, 6.45) is 2.48. The first-order valence-electron chi connectivity index (χ1n) is 10.8. The largest absolute Gasteiger partial charge is 0.497 e. The number of carbonyl (C=O) groups excluding carboxylic acids is 1. The fourth-order valence-electron chi connectivity index (χ4n) is 3.53. The van der Waals surface area contributed by atoms with Gasteiger partial charge in [-0.1, -0.05) is 37.6 Å². The molecule has 0 aliphatic heterocycles. The van der Waals surface area contributed by atoms with Crippen LogP contribution in [0.5, 0.6) is 11.5 Å². The van der Waals surface area contributed by atoms with Gasteiger partial charge in [-0.25, -0.2) is 8.42 Å². The molecular formula is C24H33ClN2O5S. The number of anilines is 1. The van der Waals surface area contributed by atoms with E-state index in [0.29, 0.717) is 28.8 Å². The summed E-state index contributed by atoms with van der Waals surface area (Å²) in [4.78, 5) is 12.7. The molecule has 1 amide bonds. The maximum absolute atomic E-state index is 12.7. The summed E-state index contributed by atoms with van der Waals surface area (Å²) in [6, 6.07) is 12.3. The molecule has 0 aliphatic carbocycles. The lowest BCUT2D eigenvalue weighted by Gasteiger charge is -2.24. The van der Waals surface area contributed by atoms with Crippen molar-refractivity contribution in [2.45, 2.75) is 39.2 Å². The summed E-state index contributed by atoms with van der Waals surface area (Å²) in [5.74, 6) is 1.48. The van der Waals surface area contributed by atoms with Gasteiger partial charge >= 0.3 is 0 Å². The number of ether oxygens (including phenoxy) is 2. The Bertz CT molecular complexity index is 1030. The Balaban J connectivity index is 2.04. The lowest BCUT2D eigenvalue weighted by molar-refractivity contribution is -0.122. The van der Waals surface area contributed by atoms with Gasteiger partial charge in [0.25, 0.3) is 0 Å². The number of carbonyl (C=O) groups is 1. The molecule has 0 saturated heterocycles. The van der Waals surface area contributed by atoms with Crippen LogP contribution in [-0.2, 0) is 14.8 Å². The number of halogens is 1. The summed E-state index contributed by atoms with van der Waals surface area (Å²) in [5.41, 5.74) is 1.43. The van der Waals surface area contributed by atoms with E-state index >= 15 is 0 Å². The maximum atomic E-state index is 12.7. The molecule has 1 atom stereocenters. The standard InChI is InChI=1S/C24H33ClN2O5S/c1-17(2)15-22(18-8-11-20(31-3)12-9-18)26-24(28)7-6-14-27(33(5,29)30)19-10-13-23(32-4)21(25)16-19/h8-13,16-17,22H,6-7,14-15H2,1-5H3,(H,26,28). The molecule has 0 fully saturated rings. The molecule has 9 heteroatoms. The van der Waals surface area contributed by atoms with Gasteiger partial charge in [0, 0.05) is 13.0 Å². The van der Waals surface area contributed by atoms with E-state index in [1.807, 2.05) is 24.3 Å². The van der Waals surface area contributed by atoms with Crippen molar-refractivity contribution in [1.82, 2.24) is 5.32 Å². The van der Waals surface area contributed by atoms with Crippen molar-refractivity contribution < 1.29 is 22.7 Å². The number of rotatable bonds is 12. The molecule has 0 aromatic heterocycles. The van der Waals surface area contributed by atoms with Crippen LogP contribution in [0.15, 0.2) is 42.5 Å². The summed E-state index contributed by atoms with van der Waals surface area (Å²) in [6.45, 7) is 4.37. The SMILES string of the molecule is COc1ccc(C(CC(C)C)NC(=O)CCCN(c2ccc(OC)c(Cl)c2)S(C)(=O)=O)cc1. The average molecular weight is 497 g/mol. The minimum Gasteiger partial charge on any atom is -0.497 e. The number of benzene rings is 2. The van der Waals surface area contributed by atoms with Crippen molar-refractivity contribution in [2.24, 2.45) is 5.92 Å². The van der Waals surface area contributed by atoms with Gasteiger partial charge in [0.15, 0.2) is 0 Å². The first-order chi connectivity index (χ1) is 15.5. The molecule has 0 aliphatic rings. The van der Waals surface area contributed by atoms with Gasteiger partial charge in [0.2, 0.25) is 15.9 Å². The molecule has 0 saturated carbocycles. The van der Waals surface area contributed by atoms with Crippen LogP contribution in [0.4, 0.5) is 5.69 Å². The molecule has 1 unspecified atom stereocenters. The van der Waals surface area contributed by atoms with Crippen LogP contribution in [0.1, 0.15) is 44.7 Å². The Morgan fingerprint density at radius 2 is 1.76 bits per heavy atom. The molecule has 2 rings (SSSR count). The Labute approximate surface area is 202 Å². The van der Waals surface area contributed by atoms with Gasteiger partial charge in [-0.15, -0.1) is 0 Å². The smallest absolute Gasteiger partial charge is 0.232 e. The van der Waals surface area contributed by atoms with Gasteiger partial charge in [-0.2, -0.15) is 0 Å². The van der Waals surface area contributed by atoms with Crippen molar-refractivity contribution in [2.75, 3.05) is 31.3 Å². The Kier molecular flexibility index (Phi) is 9.86. The van der Waals surface area contributed by atoms with E-state index in [4.69, 9.17) is 21.1 Å². The van der Waals surface area contributed by atoms with Crippen LogP contribution in [0.2, 0.25) is 5.02 Å². The number of nitrogens with one attached hydrogen (secondary N) is 1. The van der Waals surface area contributed by atoms with Crippen LogP contribution < -0.4 is 19.1 Å². The van der Waals surface area contributed by atoms with Crippen molar-refractivity contribution in [3.63, 3.8) is 0 Å². The number of sulfonamides is 1. The number of hydrogen-bond donors (Lipinski definition) is 1. The van der Waals surface area contributed by atoms with Crippen molar-refractivity contribution in [3.8, 4) is 11.5 Å². The summed E-state index contributed by atoms with van der Waals surface area (Å²) in [7, 11) is -0.445. The minimum atomic E-state index is -3.55. The molecule has 7 nitrogen and oxygen atoms in total. The van der Waals surface area contributed by atoms with Crippen LogP contribution in [0.3, 0.4) is 0 Å². The zero-order valence-corrected chi connectivity index (χ0v) is 21.4. The van der Waals surface area contributed by atoms with Gasteiger partial charge in [0.05, 0.1) is 37.2 Å². The second-order valence-electron chi connectivity index (χ2n) is 8.28. The van der Waals surface area contributed by atoms with E-state index in [0.717, 1.165) is 24.0 Å². The second kappa shape index (κ2) is 12.1. The van der Waals surface area contributed by atoms with E-state index in [2.05, 4.69) is 19.2 Å². The van der Waals surface area contributed by atoms with Crippen molar-refractivity contribution in [3.05, 3.63) is 53.1 Å². The first kappa shape index (κ1) is 26.8. The third-order valence-electron chi connectivity index (χ3n) is 5.15. The molecule has 2 aromatic rings. The van der Waals surface area contributed by atoms with Gasteiger partial charge in [0.1, 0.15) is 11.5 Å². The molecule has 1 N–H and O–H groups in total. The quantitative estimate of drug-likeness (QED) is 0.456. The van der Waals surface area contributed by atoms with E-state index in [9.17, 15) is 13.2 Å². The fourth-order valence-corrected chi connectivity index (χ4v) is 4.74. The van der Waals surface area contributed by atoms with Crippen LogP contribution in [-0.4, -0.2) is 41.3 Å². The molecule has 0 spiro atoms. The fraction of sp³-hybridized carbons (Fsp3) is 0.458. The van der Waals surface area contributed by atoms with Crippen LogP contribution in [0, 0.1) is 5.92 Å². The summed E-state index contributed by atoms with van der Waals surface area (Å²) >= 11 is 6.17. The van der Waals surface area contributed by atoms with Crippen LogP contribution in [0.25, 0.3) is 0 Å². The number of amides is 1.